The van der Waals surface area contributed by atoms with Crippen molar-refractivity contribution < 1.29 is 14.4 Å². The number of carbonyl (C=O) groups excluding carboxylic acids is 3. The van der Waals surface area contributed by atoms with E-state index in [1.807, 2.05) is 30.3 Å². The van der Waals surface area contributed by atoms with Gasteiger partial charge in [-0.1, -0.05) is 42.5 Å². The molecule has 1 spiro atoms. The lowest BCUT2D eigenvalue weighted by atomic mass is 9.85. The summed E-state index contributed by atoms with van der Waals surface area (Å²) in [5.41, 5.74) is 0.727. The number of hydrogen-bond donors (Lipinski definition) is 0. The highest BCUT2D eigenvalue weighted by Crippen LogP contribution is 2.38. The van der Waals surface area contributed by atoms with Gasteiger partial charge in [0, 0.05) is 26.2 Å². The highest BCUT2D eigenvalue weighted by atomic mass is 16.2. The van der Waals surface area contributed by atoms with Gasteiger partial charge >= 0.3 is 6.03 Å². The number of nitrogens with zero attached hydrogens (tertiary/aromatic N) is 4. The third-order valence-corrected chi connectivity index (χ3v) is 6.28. The van der Waals surface area contributed by atoms with Gasteiger partial charge in [0.1, 0.15) is 5.54 Å². The zero-order chi connectivity index (χ0) is 22.0. The average Bonchev–Trinajstić information content (AvgIpc) is 3.00. The molecule has 4 amide bonds. The molecule has 31 heavy (non-hydrogen) atoms. The van der Waals surface area contributed by atoms with Gasteiger partial charge in [-0.25, -0.2) is 4.79 Å². The Kier molecular flexibility index (Phi) is 5.47. The van der Waals surface area contributed by atoms with Crippen molar-refractivity contribution >= 4 is 17.8 Å². The minimum Gasteiger partial charge on any atom is -0.338 e. The molecule has 0 unspecified atom stereocenters. The van der Waals surface area contributed by atoms with Crippen LogP contribution in [0, 0.1) is 11.3 Å². The van der Waals surface area contributed by atoms with Crippen LogP contribution >= 0.6 is 0 Å². The van der Waals surface area contributed by atoms with Crippen molar-refractivity contribution in [2.24, 2.45) is 0 Å². The molecule has 0 bridgehead atoms. The molecule has 0 radical (unpaired) electrons. The lowest BCUT2D eigenvalue weighted by Crippen LogP contribution is -2.57. The topological polar surface area (TPSA) is 84.7 Å². The van der Waals surface area contributed by atoms with Crippen LogP contribution in [0.4, 0.5) is 4.79 Å². The van der Waals surface area contributed by atoms with Gasteiger partial charge in [0.2, 0.25) is 0 Å². The van der Waals surface area contributed by atoms with Gasteiger partial charge in [-0.2, -0.15) is 5.26 Å². The molecular formula is C24H24N4O3. The quantitative estimate of drug-likeness (QED) is 0.717. The summed E-state index contributed by atoms with van der Waals surface area (Å²) in [6, 6.07) is 18.1. The highest BCUT2D eigenvalue weighted by molar-refractivity contribution is 6.07. The number of piperidine rings is 1. The van der Waals surface area contributed by atoms with Gasteiger partial charge < -0.3 is 9.80 Å². The summed E-state index contributed by atoms with van der Waals surface area (Å²) in [5.74, 6) is -0.397. The Labute approximate surface area is 181 Å². The smallest absolute Gasteiger partial charge is 0.327 e. The SMILES string of the molecule is CCN1C(=O)N(Cc2ccccc2)C2(CCN(C(=O)c3ccccc3C#N)CC2)C1=O. The molecule has 2 aliphatic rings. The Hall–Kier alpha value is -3.66. The molecule has 2 heterocycles. The fourth-order valence-corrected chi connectivity index (χ4v) is 4.55. The first-order chi connectivity index (χ1) is 15.0. The molecule has 158 valence electrons. The van der Waals surface area contributed by atoms with E-state index in [-0.39, 0.29) is 17.8 Å². The Balaban J connectivity index is 1.58. The third-order valence-electron chi connectivity index (χ3n) is 6.28. The van der Waals surface area contributed by atoms with E-state index >= 15 is 0 Å². The van der Waals surface area contributed by atoms with E-state index in [1.54, 1.807) is 41.0 Å². The van der Waals surface area contributed by atoms with Crippen LogP contribution in [0.3, 0.4) is 0 Å². The molecule has 4 rings (SSSR count). The predicted octanol–water partition coefficient (Wildman–Crippen LogP) is 3.02. The van der Waals surface area contributed by atoms with Gasteiger partial charge in [0.25, 0.3) is 11.8 Å². The molecule has 0 N–H and O–H groups in total. The van der Waals surface area contributed by atoms with Crippen molar-refractivity contribution in [3.63, 3.8) is 0 Å². The molecular weight excluding hydrogens is 392 g/mol. The van der Waals surface area contributed by atoms with Gasteiger partial charge in [-0.15, -0.1) is 0 Å². The Morgan fingerprint density at radius 1 is 1.03 bits per heavy atom. The molecule has 7 nitrogen and oxygen atoms in total. The number of urea groups is 1. The van der Waals surface area contributed by atoms with E-state index in [4.69, 9.17) is 0 Å². The molecule has 0 aromatic heterocycles. The number of imide groups is 1. The molecule has 2 aromatic rings. The normalized spacial score (nSPS) is 17.9. The standard InChI is InChI=1S/C24H24N4O3/c1-2-27-22(30)24(28(23(27)31)17-18-8-4-3-5-9-18)12-14-26(15-13-24)21(29)20-11-7-6-10-19(20)16-25/h3-11H,2,12-15,17H2,1H3. The summed E-state index contributed by atoms with van der Waals surface area (Å²) < 4.78 is 0. The van der Waals surface area contributed by atoms with E-state index in [0.717, 1.165) is 5.56 Å². The van der Waals surface area contributed by atoms with Crippen molar-refractivity contribution in [2.75, 3.05) is 19.6 Å². The second-order valence-corrected chi connectivity index (χ2v) is 7.88. The summed E-state index contributed by atoms with van der Waals surface area (Å²) in [7, 11) is 0. The lowest BCUT2D eigenvalue weighted by Gasteiger charge is -2.42. The van der Waals surface area contributed by atoms with Gasteiger partial charge in [-0.3, -0.25) is 14.5 Å². The fraction of sp³-hybridized carbons (Fsp3) is 0.333. The van der Waals surface area contributed by atoms with Crippen LogP contribution in [0.5, 0.6) is 0 Å². The molecule has 2 aliphatic heterocycles. The van der Waals surface area contributed by atoms with E-state index in [1.165, 1.54) is 4.90 Å². The van der Waals surface area contributed by atoms with Crippen LogP contribution in [0.25, 0.3) is 0 Å². The maximum absolute atomic E-state index is 13.3. The lowest BCUT2D eigenvalue weighted by molar-refractivity contribution is -0.135. The van der Waals surface area contributed by atoms with Crippen molar-refractivity contribution in [2.45, 2.75) is 31.8 Å². The van der Waals surface area contributed by atoms with E-state index in [9.17, 15) is 19.6 Å². The molecule has 0 saturated carbocycles. The number of hydrogen-bond acceptors (Lipinski definition) is 4. The molecule has 7 heteroatoms. The van der Waals surface area contributed by atoms with Crippen molar-refractivity contribution in [1.29, 1.82) is 5.26 Å². The minimum absolute atomic E-state index is 0.180. The molecule has 2 saturated heterocycles. The zero-order valence-corrected chi connectivity index (χ0v) is 17.5. The van der Waals surface area contributed by atoms with Crippen molar-refractivity contribution in [1.82, 2.24) is 14.7 Å². The van der Waals surface area contributed by atoms with Gasteiger partial charge in [0.05, 0.1) is 17.2 Å². The number of benzene rings is 2. The summed E-state index contributed by atoms with van der Waals surface area (Å²) >= 11 is 0. The third kappa shape index (κ3) is 3.44. The van der Waals surface area contributed by atoms with Crippen LogP contribution in [-0.4, -0.2) is 57.7 Å². The Morgan fingerprint density at radius 3 is 2.32 bits per heavy atom. The first-order valence-corrected chi connectivity index (χ1v) is 10.5. The highest BCUT2D eigenvalue weighted by Gasteiger charge is 2.57. The van der Waals surface area contributed by atoms with Crippen LogP contribution in [-0.2, 0) is 11.3 Å². The zero-order valence-electron chi connectivity index (χ0n) is 17.5. The summed E-state index contributed by atoms with van der Waals surface area (Å²) in [6.45, 7) is 3.17. The molecule has 0 aliphatic carbocycles. The van der Waals surface area contributed by atoms with Crippen LogP contribution < -0.4 is 0 Å². The summed E-state index contributed by atoms with van der Waals surface area (Å²) in [6.07, 6.45) is 0.753. The number of likely N-dealkylation sites (tertiary alicyclic amines) is 1. The predicted molar refractivity (Wildman–Crippen MR) is 114 cm³/mol. The largest absolute Gasteiger partial charge is 0.338 e. The Bertz CT molecular complexity index is 1050. The number of rotatable bonds is 4. The monoisotopic (exact) mass is 416 g/mol. The molecule has 2 fully saturated rings. The number of likely N-dealkylation sites (N-methyl/N-ethyl adjacent to an activating group) is 1. The number of amides is 4. The summed E-state index contributed by atoms with van der Waals surface area (Å²) in [5, 5.41) is 9.31. The van der Waals surface area contributed by atoms with Gasteiger partial charge in [0.15, 0.2) is 0 Å². The molecule has 0 atom stereocenters. The van der Waals surface area contributed by atoms with Crippen molar-refractivity contribution in [3.8, 4) is 6.07 Å². The van der Waals surface area contributed by atoms with Crippen LogP contribution in [0.2, 0.25) is 0 Å². The van der Waals surface area contributed by atoms with Crippen molar-refractivity contribution in [3.05, 3.63) is 71.3 Å². The first-order valence-electron chi connectivity index (χ1n) is 10.5. The van der Waals surface area contributed by atoms with E-state index in [0.29, 0.717) is 50.1 Å². The Morgan fingerprint density at radius 2 is 1.68 bits per heavy atom. The fourth-order valence-electron chi connectivity index (χ4n) is 4.55. The van der Waals surface area contributed by atoms with Crippen LogP contribution in [0.15, 0.2) is 54.6 Å². The second kappa shape index (κ2) is 8.23. The minimum atomic E-state index is -0.936. The van der Waals surface area contributed by atoms with Crippen LogP contribution in [0.1, 0.15) is 41.3 Å². The van der Waals surface area contributed by atoms with Gasteiger partial charge in [-0.05, 0) is 37.5 Å². The maximum Gasteiger partial charge on any atom is 0.327 e. The second-order valence-electron chi connectivity index (χ2n) is 7.88. The maximum atomic E-state index is 13.3. The summed E-state index contributed by atoms with van der Waals surface area (Å²) in [4.78, 5) is 44.0. The van der Waals surface area contributed by atoms with E-state index in [2.05, 4.69) is 6.07 Å². The first kappa shape index (κ1) is 20.6. The van der Waals surface area contributed by atoms with E-state index < -0.39 is 5.54 Å². The molecule has 2 aromatic carbocycles. The average molecular weight is 416 g/mol. The number of nitriles is 1. The number of carbonyl (C=O) groups is 3.